The summed E-state index contributed by atoms with van der Waals surface area (Å²) in [6, 6.07) is 15.6. The molecule has 0 N–H and O–H groups in total. The van der Waals surface area contributed by atoms with E-state index in [1.807, 2.05) is 59.4 Å². The quantitative estimate of drug-likeness (QED) is 0.156. The third-order valence-electron chi connectivity index (χ3n) is 14.1. The van der Waals surface area contributed by atoms with Crippen LogP contribution in [0.2, 0.25) is 0 Å². The van der Waals surface area contributed by atoms with Crippen molar-refractivity contribution in [1.82, 2.24) is 59.5 Å². The van der Waals surface area contributed by atoms with Crippen LogP contribution in [0.5, 0.6) is 0 Å². The molecule has 0 spiro atoms. The van der Waals surface area contributed by atoms with Gasteiger partial charge < -0.3 is 9.64 Å². The molecule has 0 radical (unpaired) electrons. The molecule has 0 saturated heterocycles. The normalized spacial score (nSPS) is 27.7. The lowest BCUT2D eigenvalue weighted by Gasteiger charge is -2.46. The summed E-state index contributed by atoms with van der Waals surface area (Å²) in [6.45, 7) is 27.4. The van der Waals surface area contributed by atoms with E-state index in [1.54, 1.807) is 14.1 Å². The van der Waals surface area contributed by atoms with Crippen molar-refractivity contribution < 1.29 is 46.7 Å². The van der Waals surface area contributed by atoms with Gasteiger partial charge >= 0.3 is 0 Å². The highest BCUT2D eigenvalue weighted by Gasteiger charge is 2.56. The van der Waals surface area contributed by atoms with E-state index in [4.69, 9.17) is 58.7 Å². The van der Waals surface area contributed by atoms with Gasteiger partial charge in [0.25, 0.3) is 17.9 Å². The molecule has 1 fully saturated rings. The number of nitrogens with zero attached hydrogens (tertiary/aromatic N) is 14. The van der Waals surface area contributed by atoms with E-state index in [-0.39, 0.29) is 47.8 Å². The Morgan fingerprint density at radius 3 is 1.77 bits per heavy atom. The van der Waals surface area contributed by atoms with Crippen LogP contribution in [0.3, 0.4) is 0 Å². The minimum atomic E-state index is -0.607. The van der Waals surface area contributed by atoms with Crippen LogP contribution in [0.4, 0.5) is 0 Å². The van der Waals surface area contributed by atoms with Gasteiger partial charge in [0.1, 0.15) is 11.6 Å². The van der Waals surface area contributed by atoms with Crippen molar-refractivity contribution in [2.45, 2.75) is 90.5 Å². The topological polar surface area (TPSA) is 166 Å². The van der Waals surface area contributed by atoms with Crippen molar-refractivity contribution >= 4 is 11.6 Å². The number of tetrazole rings is 2. The first-order chi connectivity index (χ1) is 41.7. The molecule has 10 rings (SSSR count). The Kier molecular flexibility index (Phi) is 6.86. The van der Waals surface area contributed by atoms with Crippen molar-refractivity contribution in [2.75, 3.05) is 0 Å². The van der Waals surface area contributed by atoms with E-state index in [9.17, 15) is 9.59 Å². The van der Waals surface area contributed by atoms with E-state index in [2.05, 4.69) is 86.4 Å². The zero-order chi connectivity index (χ0) is 67.8. The second-order valence-electron chi connectivity index (χ2n) is 17.7. The molecule has 4 aliphatic rings. The Bertz CT molecular complexity index is 2990. The maximum absolute atomic E-state index is 12.8. The average Bonchev–Trinajstić information content (AvgIpc) is 1.74. The predicted octanol–water partition coefficient (Wildman–Crippen LogP) is 9.50. The number of aryl methyl sites for hydroxylation is 4. The second-order valence-corrected chi connectivity index (χ2v) is 17.7. The number of fused-ring (bicyclic) bond motifs is 6. The summed E-state index contributed by atoms with van der Waals surface area (Å²) < 4.78 is 124. The van der Waals surface area contributed by atoms with Gasteiger partial charge in [0.2, 0.25) is 11.5 Å². The first-order valence-corrected chi connectivity index (χ1v) is 21.1. The molecule has 4 heterocycles. The summed E-state index contributed by atoms with van der Waals surface area (Å²) >= 11 is 0. The molecular formula is C46H74N14O2. The Morgan fingerprint density at radius 2 is 1.27 bits per heavy atom. The number of allylic oxidation sites excluding steroid dienone is 2. The summed E-state index contributed by atoms with van der Waals surface area (Å²) in [5, 5.41) is 25.6. The number of imidazole rings is 2. The summed E-state index contributed by atoms with van der Waals surface area (Å²) in [5.74, 6) is 2.47. The van der Waals surface area contributed by atoms with Crippen LogP contribution in [0.1, 0.15) is 118 Å². The number of Topliss-reactive ketones (excluding diaryl/α,β-unsaturated/α-hetero) is 2. The number of carbonyl (C=O) groups is 2. The molecular weight excluding hydrogens is 781 g/mol. The summed E-state index contributed by atoms with van der Waals surface area (Å²) in [7, 11) is 3.49. The molecule has 4 aliphatic carbocycles. The Morgan fingerprint density at radius 1 is 0.758 bits per heavy atom. The molecule has 2 aromatic carbocycles. The molecule has 4 aromatic heterocycles. The zero-order valence-corrected chi connectivity index (χ0v) is 36.2. The van der Waals surface area contributed by atoms with Crippen molar-refractivity contribution in [3.8, 4) is 34.7 Å². The number of rotatable bonds is 4. The maximum Gasteiger partial charge on any atom is 0.282 e. The standard InChI is InChI=1S/C23H25N7O.C23H23N7O.13H2/c2*1-13-8-6-7-9-15(13)21-25-20-18(30(21)22-26-28-29(5)27-22)11-10-16-14(2)19(31)17(24-4)12-23(16,20)3;;;;;;;;;;;;;/h6-9,14,16-17H,10-12H2,1-3,5H3;6-9,12,14,16H,10-11H2,1-3,5H3;13*1H/t14-,16-,17?,23-;14-,16-,23-;;;;;;;;;;;;;/m00............./s1/i;;12*1+2T;1+2. The molecule has 0 amide bonds. The average molecular weight is 905 g/mol. The van der Waals surface area contributed by atoms with Crippen molar-refractivity contribution in [1.29, 1.82) is 0 Å². The lowest BCUT2D eigenvalue weighted by Crippen LogP contribution is -2.51. The zero-order valence-electron chi connectivity index (χ0n) is 60.2. The highest BCUT2D eigenvalue weighted by atomic mass is 16.1. The summed E-state index contributed by atoms with van der Waals surface area (Å²) in [4.78, 5) is 45.9. The number of benzene rings is 2. The van der Waals surface area contributed by atoms with Crippen LogP contribution >= 0.6 is 0 Å². The van der Waals surface area contributed by atoms with Crippen LogP contribution < -0.4 is 0 Å². The smallest absolute Gasteiger partial charge is 0.282 e. The fourth-order valence-electron chi connectivity index (χ4n) is 10.9. The molecule has 1 unspecified atom stereocenters. The fourth-order valence-corrected chi connectivity index (χ4v) is 10.9. The van der Waals surface area contributed by atoms with Gasteiger partial charge in [0, 0.05) is 83.0 Å². The van der Waals surface area contributed by atoms with Gasteiger partial charge in [-0.05, 0) is 72.9 Å². The van der Waals surface area contributed by atoms with Crippen molar-refractivity contribution in [2.24, 2.45) is 37.8 Å². The fraction of sp³-hybridized carbons (Fsp3) is 0.435. The predicted molar refractivity (Wildman–Crippen MR) is 256 cm³/mol. The number of hydrogen-bond donors (Lipinski definition) is 0. The highest BCUT2D eigenvalue weighted by Crippen LogP contribution is 2.53. The summed E-state index contributed by atoms with van der Waals surface area (Å²) in [6.07, 6.45) is 5.60. The van der Waals surface area contributed by atoms with Gasteiger partial charge in [-0.2, -0.15) is 9.59 Å². The first-order valence-electron chi connectivity index (χ1n) is 33.1. The van der Waals surface area contributed by atoms with Crippen molar-refractivity contribution in [3.63, 3.8) is 0 Å². The molecule has 0 bridgehead atoms. The van der Waals surface area contributed by atoms with Gasteiger partial charge in [-0.15, -0.1) is 10.2 Å². The Labute approximate surface area is 398 Å². The third-order valence-corrected chi connectivity index (χ3v) is 14.1. The van der Waals surface area contributed by atoms with Gasteiger partial charge in [-0.1, -0.05) is 92.5 Å². The molecule has 6 aromatic rings. The molecule has 0 aliphatic heterocycles. The largest absolute Gasteiger partial charge is 0.308 e. The molecule has 16 heteroatoms. The minimum Gasteiger partial charge on any atom is -0.308 e. The second kappa shape index (κ2) is 14.9. The first kappa shape index (κ1) is 28.6. The Hall–Kier alpha value is -6.94. The molecule has 16 nitrogen and oxygen atoms in total. The molecule has 1 saturated carbocycles. The number of ketones is 2. The molecule has 7 atom stereocenters. The minimum absolute atomic E-state index is 0. The SMILES string of the molecule is [3HH].[3H][3H].[3H][3H].[3H][3H].[3H][3H].[3H][3H].[3H][3H].[3H][3H].[3H][3H].[3H][3H].[3H][3H].[3H][3H].[3H][3H].[C-]#[N+]C1=C[C@]2(C)c3nc(-c4ccccc4C)n(-c4nnn(C)n4)c3CC[C@H]2[C@H](C)C1=O.[C-]#[N+]C1C[C@]2(C)c3nc(-c4ccccc4C)n(-c4nnn(C)n4)c3CC[C@H]2[C@H](C)C1=O. The van der Waals surface area contributed by atoms with Crippen molar-refractivity contribution in [3.05, 3.63) is 117 Å². The van der Waals surface area contributed by atoms with Crippen LogP contribution in [0, 0.1) is 50.7 Å². The third kappa shape index (κ3) is 6.14. The van der Waals surface area contributed by atoms with Gasteiger partial charge in [0.15, 0.2) is 5.78 Å². The van der Waals surface area contributed by atoms with Gasteiger partial charge in [0.05, 0.1) is 37.7 Å². The number of hydrogen-bond acceptors (Lipinski definition) is 10. The van der Waals surface area contributed by atoms with Crippen LogP contribution in [-0.2, 0) is 47.4 Å². The van der Waals surface area contributed by atoms with E-state index in [1.165, 1.54) is 9.59 Å². The number of aromatic nitrogens is 12. The summed E-state index contributed by atoms with van der Waals surface area (Å²) in [5.41, 5.74) is 7.55. The highest BCUT2D eigenvalue weighted by molar-refractivity contribution is 6.00. The molecule has 340 valence electrons. The Balaban J connectivity index is -0.000000380. The van der Waals surface area contributed by atoms with E-state index < -0.39 is 11.5 Å². The lowest BCUT2D eigenvalue weighted by atomic mass is 9.56. The van der Waals surface area contributed by atoms with Crippen LogP contribution in [0.15, 0.2) is 60.3 Å². The van der Waals surface area contributed by atoms with E-state index in [0.29, 0.717) is 18.3 Å². The van der Waals surface area contributed by atoms with Gasteiger partial charge in [-0.25, -0.2) is 21.4 Å². The van der Waals surface area contributed by atoms with Crippen LogP contribution in [-0.4, -0.2) is 77.1 Å². The van der Waals surface area contributed by atoms with Crippen LogP contribution in [0.25, 0.3) is 44.4 Å². The van der Waals surface area contributed by atoms with E-state index >= 15 is 0 Å². The van der Waals surface area contributed by atoms with E-state index in [0.717, 1.165) is 82.4 Å². The lowest BCUT2D eigenvalue weighted by molar-refractivity contribution is -0.129. The van der Waals surface area contributed by atoms with Gasteiger partial charge in [-0.3, -0.25) is 13.9 Å². The molecule has 62 heavy (non-hydrogen) atoms. The number of carbonyl (C=O) groups excluding carboxylic acids is 2. The maximum atomic E-state index is 12.8. The monoisotopic (exact) mass is 905 g/mol.